The molecular weight excluding hydrogens is 155 g/mol. The molecule has 0 radical (unpaired) electrons. The Labute approximate surface area is 70.4 Å². The van der Waals surface area contributed by atoms with Crippen molar-refractivity contribution in [3.63, 3.8) is 0 Å². The molecule has 12 heavy (non-hydrogen) atoms. The van der Waals surface area contributed by atoms with E-state index in [2.05, 4.69) is 21.8 Å². The predicted molar refractivity (Wildman–Crippen MR) is 44.4 cm³/mol. The summed E-state index contributed by atoms with van der Waals surface area (Å²) in [4.78, 5) is 7.57. The highest BCUT2D eigenvalue weighted by Gasteiger charge is 2.12. The first-order valence-electron chi connectivity index (χ1n) is 3.35. The normalized spacial score (nSPS) is 8.58. The van der Waals surface area contributed by atoms with Gasteiger partial charge in [-0.05, 0) is 12.8 Å². The number of rotatable bonds is 1. The molecule has 60 valence electrons. The molecule has 0 aliphatic carbocycles. The molecule has 5 heteroatoms. The molecule has 0 fully saturated rings. The Morgan fingerprint density at radius 2 is 2.17 bits per heavy atom. The van der Waals surface area contributed by atoms with Gasteiger partial charge >= 0.3 is 7.12 Å². The SMILES string of the molecule is CC#Cc1cncc(B(O)O)n1. The Kier molecular flexibility index (Phi) is 2.80. The summed E-state index contributed by atoms with van der Waals surface area (Å²) >= 11 is 0. The first-order valence-corrected chi connectivity index (χ1v) is 3.35. The Hall–Kier alpha value is -1.38. The van der Waals surface area contributed by atoms with Gasteiger partial charge in [0.25, 0.3) is 0 Å². The topological polar surface area (TPSA) is 66.2 Å². The molecule has 1 heterocycles. The highest BCUT2D eigenvalue weighted by Crippen LogP contribution is 1.84. The lowest BCUT2D eigenvalue weighted by Crippen LogP contribution is -2.33. The van der Waals surface area contributed by atoms with E-state index in [1.165, 1.54) is 12.4 Å². The monoisotopic (exact) mass is 162 g/mol. The van der Waals surface area contributed by atoms with Crippen LogP contribution < -0.4 is 5.59 Å². The molecule has 0 atom stereocenters. The van der Waals surface area contributed by atoms with Crippen LogP contribution in [0.5, 0.6) is 0 Å². The molecule has 0 saturated carbocycles. The minimum atomic E-state index is -1.59. The van der Waals surface area contributed by atoms with E-state index in [0.29, 0.717) is 5.69 Å². The van der Waals surface area contributed by atoms with Gasteiger partial charge in [-0.15, -0.1) is 0 Å². The van der Waals surface area contributed by atoms with Crippen LogP contribution in [0.25, 0.3) is 0 Å². The second-order valence-electron chi connectivity index (χ2n) is 2.08. The zero-order valence-electron chi connectivity index (χ0n) is 6.52. The van der Waals surface area contributed by atoms with Crippen LogP contribution >= 0.6 is 0 Å². The largest absolute Gasteiger partial charge is 0.509 e. The van der Waals surface area contributed by atoms with Crippen molar-refractivity contribution in [1.29, 1.82) is 0 Å². The summed E-state index contributed by atoms with van der Waals surface area (Å²) in [6.07, 6.45) is 2.74. The fourth-order valence-corrected chi connectivity index (χ4v) is 0.694. The van der Waals surface area contributed by atoms with E-state index in [-0.39, 0.29) is 5.59 Å². The molecule has 0 aromatic carbocycles. The summed E-state index contributed by atoms with van der Waals surface area (Å²) < 4.78 is 0. The molecular formula is C7H7BN2O2. The summed E-state index contributed by atoms with van der Waals surface area (Å²) in [6.45, 7) is 1.67. The predicted octanol–water partition coefficient (Wildman–Crippen LogP) is -1.47. The van der Waals surface area contributed by atoms with Crippen LogP contribution in [0.15, 0.2) is 12.4 Å². The minimum absolute atomic E-state index is 0.107. The van der Waals surface area contributed by atoms with Gasteiger partial charge in [-0.25, -0.2) is 4.98 Å². The van der Waals surface area contributed by atoms with Gasteiger partial charge in [-0.2, -0.15) is 0 Å². The maximum atomic E-state index is 8.72. The van der Waals surface area contributed by atoms with Gasteiger partial charge in [0.1, 0.15) is 5.69 Å². The minimum Gasteiger partial charge on any atom is -0.422 e. The van der Waals surface area contributed by atoms with E-state index >= 15 is 0 Å². The van der Waals surface area contributed by atoms with Crippen molar-refractivity contribution in [2.45, 2.75) is 6.92 Å². The van der Waals surface area contributed by atoms with E-state index < -0.39 is 7.12 Å². The van der Waals surface area contributed by atoms with E-state index in [1.807, 2.05) is 0 Å². The Morgan fingerprint density at radius 1 is 1.42 bits per heavy atom. The van der Waals surface area contributed by atoms with Gasteiger partial charge in [0, 0.05) is 6.20 Å². The fraction of sp³-hybridized carbons (Fsp3) is 0.143. The molecule has 1 aromatic rings. The Morgan fingerprint density at radius 3 is 2.75 bits per heavy atom. The Bertz CT molecular complexity index is 330. The summed E-state index contributed by atoms with van der Waals surface area (Å²) in [5.74, 6) is 5.29. The molecule has 0 aliphatic rings. The van der Waals surface area contributed by atoms with Crippen LogP contribution in [0.2, 0.25) is 0 Å². The van der Waals surface area contributed by atoms with Gasteiger partial charge in [0.15, 0.2) is 0 Å². The maximum absolute atomic E-state index is 8.72. The average Bonchev–Trinajstić information content (AvgIpc) is 2.05. The zero-order chi connectivity index (χ0) is 8.97. The van der Waals surface area contributed by atoms with Crippen molar-refractivity contribution in [1.82, 2.24) is 9.97 Å². The van der Waals surface area contributed by atoms with Crippen molar-refractivity contribution in [3.8, 4) is 11.8 Å². The van der Waals surface area contributed by atoms with Crippen LogP contribution in [-0.2, 0) is 0 Å². The van der Waals surface area contributed by atoms with Crippen LogP contribution in [0.3, 0.4) is 0 Å². The molecule has 0 amide bonds. The van der Waals surface area contributed by atoms with Gasteiger partial charge < -0.3 is 10.0 Å². The molecule has 0 unspecified atom stereocenters. The standard InChI is InChI=1S/C7H7BN2O2/c1-2-3-6-4-9-5-7(10-6)8(11)12/h4-5,11-12H,1H3. The molecule has 0 bridgehead atoms. The third-order valence-electron chi connectivity index (χ3n) is 1.17. The van der Waals surface area contributed by atoms with Crippen LogP contribution in [-0.4, -0.2) is 27.1 Å². The number of nitrogens with zero attached hydrogens (tertiary/aromatic N) is 2. The quantitative estimate of drug-likeness (QED) is 0.390. The fourth-order valence-electron chi connectivity index (χ4n) is 0.694. The summed E-state index contributed by atoms with van der Waals surface area (Å²) in [7, 11) is -1.59. The zero-order valence-corrected chi connectivity index (χ0v) is 6.52. The molecule has 4 nitrogen and oxygen atoms in total. The molecule has 0 saturated heterocycles. The van der Waals surface area contributed by atoms with Crippen LogP contribution in [0.1, 0.15) is 12.6 Å². The molecule has 2 N–H and O–H groups in total. The van der Waals surface area contributed by atoms with Gasteiger partial charge in [-0.3, -0.25) is 4.98 Å². The lowest BCUT2D eigenvalue weighted by Gasteiger charge is -1.96. The van der Waals surface area contributed by atoms with Gasteiger partial charge in [-0.1, -0.05) is 5.92 Å². The van der Waals surface area contributed by atoms with Crippen molar-refractivity contribution >= 4 is 12.7 Å². The number of aromatic nitrogens is 2. The molecule has 0 spiro atoms. The van der Waals surface area contributed by atoms with Crippen molar-refractivity contribution in [2.75, 3.05) is 0 Å². The van der Waals surface area contributed by atoms with Gasteiger partial charge in [0.05, 0.1) is 11.8 Å². The second kappa shape index (κ2) is 3.86. The highest BCUT2D eigenvalue weighted by atomic mass is 16.4. The van der Waals surface area contributed by atoms with Crippen molar-refractivity contribution in [3.05, 3.63) is 18.1 Å². The first-order chi connectivity index (χ1) is 5.74. The third-order valence-corrected chi connectivity index (χ3v) is 1.17. The van der Waals surface area contributed by atoms with Crippen LogP contribution in [0.4, 0.5) is 0 Å². The van der Waals surface area contributed by atoms with Crippen molar-refractivity contribution < 1.29 is 10.0 Å². The van der Waals surface area contributed by atoms with E-state index in [4.69, 9.17) is 10.0 Å². The van der Waals surface area contributed by atoms with Crippen molar-refractivity contribution in [2.24, 2.45) is 0 Å². The van der Waals surface area contributed by atoms with E-state index in [9.17, 15) is 0 Å². The van der Waals surface area contributed by atoms with E-state index in [1.54, 1.807) is 6.92 Å². The third kappa shape index (κ3) is 2.05. The smallest absolute Gasteiger partial charge is 0.422 e. The van der Waals surface area contributed by atoms with Gasteiger partial charge in [0.2, 0.25) is 0 Å². The summed E-state index contributed by atoms with van der Waals surface area (Å²) in [5, 5.41) is 17.4. The summed E-state index contributed by atoms with van der Waals surface area (Å²) in [5.41, 5.74) is 0.540. The average molecular weight is 162 g/mol. The molecule has 1 aromatic heterocycles. The maximum Gasteiger partial charge on any atom is 0.509 e. The number of hydrogen-bond acceptors (Lipinski definition) is 4. The first kappa shape index (κ1) is 8.72. The molecule has 1 rings (SSSR count). The lowest BCUT2D eigenvalue weighted by molar-refractivity contribution is 0.424. The number of hydrogen-bond donors (Lipinski definition) is 2. The Balaban J connectivity index is 3.01. The lowest BCUT2D eigenvalue weighted by atomic mass is 9.87. The summed E-state index contributed by atoms with van der Waals surface area (Å²) in [6, 6.07) is 0. The van der Waals surface area contributed by atoms with E-state index in [0.717, 1.165) is 0 Å². The highest BCUT2D eigenvalue weighted by molar-refractivity contribution is 6.57. The second-order valence-corrected chi connectivity index (χ2v) is 2.08. The molecule has 0 aliphatic heterocycles. The van der Waals surface area contributed by atoms with Crippen LogP contribution in [0, 0.1) is 11.8 Å².